The summed E-state index contributed by atoms with van der Waals surface area (Å²) in [6.07, 6.45) is 0. The molecule has 0 unspecified atom stereocenters. The number of amides is 3. The van der Waals surface area contributed by atoms with Crippen molar-refractivity contribution in [3.8, 4) is 5.75 Å². The lowest BCUT2D eigenvalue weighted by atomic mass is 10.2. The Hall–Kier alpha value is -1.99. The van der Waals surface area contributed by atoms with Crippen LogP contribution in [0.25, 0.3) is 0 Å². The molecule has 1 aromatic heterocycles. The van der Waals surface area contributed by atoms with Crippen LogP contribution in [0.1, 0.15) is 10.4 Å². The third-order valence-electron chi connectivity index (χ3n) is 2.89. The van der Waals surface area contributed by atoms with Gasteiger partial charge in [0, 0.05) is 10.6 Å². The Kier molecular flexibility index (Phi) is 6.96. The molecule has 0 radical (unpaired) electrons. The van der Waals surface area contributed by atoms with E-state index in [0.717, 1.165) is 16.2 Å². The van der Waals surface area contributed by atoms with Gasteiger partial charge < -0.3 is 10.1 Å². The zero-order chi connectivity index (χ0) is 16.5. The monoisotopic (exact) mass is 350 g/mol. The number of ether oxygens (including phenoxy) is 1. The summed E-state index contributed by atoms with van der Waals surface area (Å²) < 4.78 is 5.15. The van der Waals surface area contributed by atoms with Gasteiger partial charge in [0.15, 0.2) is 0 Å². The molecule has 1 aromatic carbocycles. The largest absolute Gasteiger partial charge is 0.497 e. The van der Waals surface area contributed by atoms with Gasteiger partial charge in [0.2, 0.25) is 5.91 Å². The van der Waals surface area contributed by atoms with Crippen LogP contribution in [0.2, 0.25) is 0 Å². The summed E-state index contributed by atoms with van der Waals surface area (Å²) in [7, 11) is 1.62. The Labute approximate surface area is 143 Å². The van der Waals surface area contributed by atoms with Gasteiger partial charge in [-0.1, -0.05) is 18.2 Å². The van der Waals surface area contributed by atoms with Crippen LogP contribution in [0.4, 0.5) is 4.79 Å². The summed E-state index contributed by atoms with van der Waals surface area (Å²) in [5.41, 5.74) is 1.07. The number of nitrogens with one attached hydrogen (secondary N) is 2. The van der Waals surface area contributed by atoms with E-state index in [2.05, 4.69) is 10.6 Å². The first kappa shape index (κ1) is 17.4. The van der Waals surface area contributed by atoms with Crippen LogP contribution in [-0.2, 0) is 17.1 Å². The Morgan fingerprint density at radius 1 is 1.26 bits per heavy atom. The van der Waals surface area contributed by atoms with Gasteiger partial charge in [0.1, 0.15) is 5.75 Å². The summed E-state index contributed by atoms with van der Waals surface area (Å²) in [5, 5.41) is 6.91. The van der Waals surface area contributed by atoms with Crippen LogP contribution in [0.3, 0.4) is 0 Å². The topological polar surface area (TPSA) is 67.4 Å². The van der Waals surface area contributed by atoms with Crippen LogP contribution in [0.5, 0.6) is 5.75 Å². The van der Waals surface area contributed by atoms with E-state index >= 15 is 0 Å². The molecule has 0 fully saturated rings. The Morgan fingerprint density at radius 3 is 2.87 bits per heavy atom. The third kappa shape index (κ3) is 6.33. The molecule has 0 spiro atoms. The highest BCUT2D eigenvalue weighted by Gasteiger charge is 2.08. The number of thioether (sulfide) groups is 1. The van der Waals surface area contributed by atoms with E-state index in [4.69, 9.17) is 4.74 Å². The molecule has 2 rings (SSSR count). The number of hydrogen-bond acceptors (Lipinski definition) is 5. The second-order valence-corrected chi connectivity index (χ2v) is 6.67. The maximum Gasteiger partial charge on any atom is 0.321 e. The van der Waals surface area contributed by atoms with E-state index in [1.165, 1.54) is 11.8 Å². The maximum atomic E-state index is 11.7. The molecule has 5 nitrogen and oxygen atoms in total. The molecule has 2 N–H and O–H groups in total. The van der Waals surface area contributed by atoms with Crippen molar-refractivity contribution in [2.24, 2.45) is 0 Å². The quantitative estimate of drug-likeness (QED) is 0.805. The molecule has 0 atom stereocenters. The zero-order valence-electron chi connectivity index (χ0n) is 12.7. The maximum absolute atomic E-state index is 11.7. The number of carbonyl (C=O) groups is 2. The lowest BCUT2D eigenvalue weighted by molar-refractivity contribution is -0.117. The van der Waals surface area contributed by atoms with Crippen LogP contribution in [0.15, 0.2) is 41.8 Å². The first-order valence-corrected chi connectivity index (χ1v) is 9.01. The fourth-order valence-corrected chi connectivity index (χ4v) is 3.23. The van der Waals surface area contributed by atoms with Crippen molar-refractivity contribution in [3.05, 3.63) is 52.2 Å². The lowest BCUT2D eigenvalue weighted by Gasteiger charge is -2.06. The fraction of sp³-hybridized carbons (Fsp3) is 0.250. The summed E-state index contributed by atoms with van der Waals surface area (Å²) in [6.45, 7) is 0.424. The first-order valence-electron chi connectivity index (χ1n) is 6.98. The SMILES string of the molecule is COc1cccc(CSCC(=O)NC(=O)NCc2cccs2)c1. The molecule has 7 heteroatoms. The van der Waals surface area contributed by atoms with E-state index in [1.54, 1.807) is 18.4 Å². The number of urea groups is 1. The number of methoxy groups -OCH3 is 1. The summed E-state index contributed by atoms with van der Waals surface area (Å²) in [4.78, 5) is 24.4. The number of thiophene rings is 1. The number of hydrogen-bond donors (Lipinski definition) is 2. The van der Waals surface area contributed by atoms with Crippen molar-refractivity contribution >= 4 is 35.0 Å². The number of benzene rings is 1. The van der Waals surface area contributed by atoms with Crippen molar-refractivity contribution in [2.75, 3.05) is 12.9 Å². The van der Waals surface area contributed by atoms with E-state index in [0.29, 0.717) is 12.3 Å². The van der Waals surface area contributed by atoms with Gasteiger partial charge in [-0.2, -0.15) is 0 Å². The van der Waals surface area contributed by atoms with Crippen LogP contribution >= 0.6 is 23.1 Å². The summed E-state index contributed by atoms with van der Waals surface area (Å²) in [5.74, 6) is 1.40. The highest BCUT2D eigenvalue weighted by Crippen LogP contribution is 2.17. The second kappa shape index (κ2) is 9.22. The van der Waals surface area contributed by atoms with E-state index < -0.39 is 6.03 Å². The normalized spacial score (nSPS) is 10.1. The Morgan fingerprint density at radius 2 is 2.13 bits per heavy atom. The standard InChI is InChI=1S/C16H18N2O3S2/c1-21-13-5-2-4-12(8-13)10-22-11-15(19)18-16(20)17-9-14-6-3-7-23-14/h2-8H,9-11H2,1H3,(H2,17,18,19,20). The first-order chi connectivity index (χ1) is 11.2. The van der Waals surface area contributed by atoms with Gasteiger partial charge >= 0.3 is 6.03 Å². The number of rotatable bonds is 7. The number of imide groups is 1. The van der Waals surface area contributed by atoms with Crippen LogP contribution in [-0.4, -0.2) is 24.8 Å². The van der Waals surface area contributed by atoms with Crippen LogP contribution < -0.4 is 15.4 Å². The highest BCUT2D eigenvalue weighted by molar-refractivity contribution is 7.99. The predicted molar refractivity (Wildman–Crippen MR) is 93.9 cm³/mol. The van der Waals surface area contributed by atoms with E-state index in [-0.39, 0.29) is 11.7 Å². The number of carbonyl (C=O) groups excluding carboxylic acids is 2. The molecule has 2 aromatic rings. The minimum absolute atomic E-state index is 0.226. The van der Waals surface area contributed by atoms with E-state index in [1.807, 2.05) is 41.8 Å². The molecule has 0 saturated carbocycles. The van der Waals surface area contributed by atoms with Crippen molar-refractivity contribution < 1.29 is 14.3 Å². The molecule has 3 amide bonds. The predicted octanol–water partition coefficient (Wildman–Crippen LogP) is 3.02. The van der Waals surface area contributed by atoms with Gasteiger partial charge in [-0.25, -0.2) is 4.79 Å². The van der Waals surface area contributed by atoms with Gasteiger partial charge in [-0.3, -0.25) is 10.1 Å². The van der Waals surface area contributed by atoms with E-state index in [9.17, 15) is 9.59 Å². The fourth-order valence-electron chi connectivity index (χ4n) is 1.81. The van der Waals surface area contributed by atoms with Crippen molar-refractivity contribution in [3.63, 3.8) is 0 Å². The molecule has 0 aliphatic carbocycles. The van der Waals surface area contributed by atoms with Crippen molar-refractivity contribution in [1.29, 1.82) is 0 Å². The average molecular weight is 350 g/mol. The van der Waals surface area contributed by atoms with Gasteiger partial charge in [-0.05, 0) is 29.1 Å². The molecule has 1 heterocycles. The third-order valence-corrected chi connectivity index (χ3v) is 4.77. The molecule has 0 aliphatic heterocycles. The van der Waals surface area contributed by atoms with Crippen LogP contribution in [0, 0.1) is 0 Å². The summed E-state index contributed by atoms with van der Waals surface area (Å²) >= 11 is 3.00. The van der Waals surface area contributed by atoms with Crippen molar-refractivity contribution in [1.82, 2.24) is 10.6 Å². The van der Waals surface area contributed by atoms with Gasteiger partial charge in [0.25, 0.3) is 0 Å². The Balaban J connectivity index is 1.65. The lowest BCUT2D eigenvalue weighted by Crippen LogP contribution is -2.39. The molecular formula is C16H18N2O3S2. The molecule has 122 valence electrons. The van der Waals surface area contributed by atoms with Gasteiger partial charge in [0.05, 0.1) is 19.4 Å². The molecule has 0 saturated heterocycles. The molecule has 23 heavy (non-hydrogen) atoms. The highest BCUT2D eigenvalue weighted by atomic mass is 32.2. The van der Waals surface area contributed by atoms with Gasteiger partial charge in [-0.15, -0.1) is 23.1 Å². The Bertz CT molecular complexity index is 645. The minimum atomic E-state index is -0.467. The molecular weight excluding hydrogens is 332 g/mol. The smallest absolute Gasteiger partial charge is 0.321 e. The zero-order valence-corrected chi connectivity index (χ0v) is 14.3. The molecule has 0 bridgehead atoms. The summed E-state index contributed by atoms with van der Waals surface area (Å²) in [6, 6.07) is 11.1. The van der Waals surface area contributed by atoms with Crippen molar-refractivity contribution in [2.45, 2.75) is 12.3 Å². The average Bonchev–Trinajstić information content (AvgIpc) is 3.06. The molecule has 0 aliphatic rings. The minimum Gasteiger partial charge on any atom is -0.497 e. The second-order valence-electron chi connectivity index (χ2n) is 4.65.